The lowest BCUT2D eigenvalue weighted by Gasteiger charge is -2.37. The van der Waals surface area contributed by atoms with Crippen LogP contribution in [-0.2, 0) is 15.6 Å². The molecule has 3 rings (SSSR count). The second-order valence-electron chi connectivity index (χ2n) is 8.01. The van der Waals surface area contributed by atoms with Crippen LogP contribution in [0.4, 0.5) is 10.9 Å². The van der Waals surface area contributed by atoms with Crippen LogP contribution < -0.4 is 4.90 Å². The van der Waals surface area contributed by atoms with Gasteiger partial charge in [0.1, 0.15) is 5.82 Å². The summed E-state index contributed by atoms with van der Waals surface area (Å²) in [7, 11) is 0. The summed E-state index contributed by atoms with van der Waals surface area (Å²) in [6.07, 6.45) is 3.37. The Kier molecular flexibility index (Phi) is 4.38. The first-order valence-electron chi connectivity index (χ1n) is 8.55. The number of thiazole rings is 1. The number of carbonyl (C=O) groups excluding carboxylic acids is 1. The number of pyridine rings is 1. The molecule has 0 spiro atoms. The largest absolute Gasteiger partial charge is 0.478 e. The average Bonchev–Trinajstić information content (AvgIpc) is 3.00. The maximum absolute atomic E-state index is 12.3. The summed E-state index contributed by atoms with van der Waals surface area (Å²) in [5.74, 6) is -0.877. The monoisotopic (exact) mass is 373 g/mol. The first kappa shape index (κ1) is 18.5. The summed E-state index contributed by atoms with van der Waals surface area (Å²) in [5.41, 5.74) is 1.10. The smallest absolute Gasteiger partial charge is 0.337 e. The van der Waals surface area contributed by atoms with E-state index >= 15 is 0 Å². The van der Waals surface area contributed by atoms with Crippen molar-refractivity contribution in [1.82, 2.24) is 9.97 Å². The number of carbonyl (C=O) groups is 2. The molecule has 0 atom stereocenters. The van der Waals surface area contributed by atoms with Gasteiger partial charge in [0.05, 0.1) is 11.3 Å². The van der Waals surface area contributed by atoms with Gasteiger partial charge in [0.15, 0.2) is 5.13 Å². The minimum atomic E-state index is -1.05. The molecule has 6 nitrogen and oxygen atoms in total. The molecule has 0 aliphatic heterocycles. The Morgan fingerprint density at radius 3 is 2.31 bits per heavy atom. The minimum absolute atomic E-state index is 0.0177. The molecule has 2 aromatic heterocycles. The molecule has 0 fully saturated rings. The third-order valence-electron chi connectivity index (χ3n) is 4.98. The molecule has 1 N–H and O–H groups in total. The Bertz CT molecular complexity index is 835. The number of hydrogen-bond donors (Lipinski definition) is 1. The van der Waals surface area contributed by atoms with Gasteiger partial charge in [-0.1, -0.05) is 27.7 Å². The molecule has 0 bridgehead atoms. The molecular weight excluding hydrogens is 350 g/mol. The van der Waals surface area contributed by atoms with Crippen LogP contribution >= 0.6 is 11.3 Å². The van der Waals surface area contributed by atoms with Crippen molar-refractivity contribution in [2.75, 3.05) is 4.90 Å². The zero-order valence-electron chi connectivity index (χ0n) is 15.7. The van der Waals surface area contributed by atoms with Gasteiger partial charge >= 0.3 is 5.97 Å². The average molecular weight is 373 g/mol. The molecular formula is C19H23N3O3S. The van der Waals surface area contributed by atoms with Gasteiger partial charge in [-0.2, -0.15) is 0 Å². The number of hydrogen-bond acceptors (Lipinski definition) is 5. The Morgan fingerprint density at radius 2 is 1.81 bits per heavy atom. The summed E-state index contributed by atoms with van der Waals surface area (Å²) in [5, 5.41) is 9.62. The van der Waals surface area contributed by atoms with Gasteiger partial charge in [-0.05, 0) is 25.0 Å². The molecule has 1 amide bonds. The quantitative estimate of drug-likeness (QED) is 0.868. The minimum Gasteiger partial charge on any atom is -0.478 e. The van der Waals surface area contributed by atoms with E-state index in [0.29, 0.717) is 10.9 Å². The number of fused-ring (bicyclic) bond motifs is 1. The van der Waals surface area contributed by atoms with Crippen molar-refractivity contribution in [3.63, 3.8) is 0 Å². The first-order chi connectivity index (χ1) is 12.0. The summed E-state index contributed by atoms with van der Waals surface area (Å²) >= 11 is 1.52. The zero-order valence-corrected chi connectivity index (χ0v) is 16.5. The highest BCUT2D eigenvalue weighted by Gasteiger charge is 2.41. The number of anilines is 2. The van der Waals surface area contributed by atoms with Crippen molar-refractivity contribution in [3.05, 3.63) is 34.5 Å². The predicted octanol–water partition coefficient (Wildman–Crippen LogP) is 4.27. The van der Waals surface area contributed by atoms with E-state index in [2.05, 4.69) is 32.7 Å². The molecule has 138 valence electrons. The van der Waals surface area contributed by atoms with Crippen molar-refractivity contribution < 1.29 is 14.7 Å². The molecule has 0 aromatic carbocycles. The summed E-state index contributed by atoms with van der Waals surface area (Å²) in [6.45, 7) is 10.2. The van der Waals surface area contributed by atoms with Gasteiger partial charge in [0, 0.05) is 28.8 Å². The van der Waals surface area contributed by atoms with Gasteiger partial charge in [0.2, 0.25) is 5.91 Å². The number of aromatic carboxylic acids is 1. The molecule has 7 heteroatoms. The molecule has 0 saturated heterocycles. The third-order valence-corrected chi connectivity index (χ3v) is 6.38. The summed E-state index contributed by atoms with van der Waals surface area (Å²) < 4.78 is 0. The third kappa shape index (κ3) is 3.11. The zero-order chi connectivity index (χ0) is 19.3. The number of carboxylic acid groups (broad SMARTS) is 1. The molecule has 1 aliphatic rings. The number of nitrogens with zero attached hydrogens (tertiary/aromatic N) is 3. The lowest BCUT2D eigenvalue weighted by Crippen LogP contribution is -2.32. The Labute approximate surface area is 156 Å². The van der Waals surface area contributed by atoms with Crippen LogP contribution in [0.3, 0.4) is 0 Å². The fraction of sp³-hybridized carbons (Fsp3) is 0.474. The van der Waals surface area contributed by atoms with Crippen LogP contribution in [0.5, 0.6) is 0 Å². The molecule has 26 heavy (non-hydrogen) atoms. The highest BCUT2D eigenvalue weighted by molar-refractivity contribution is 7.16. The van der Waals surface area contributed by atoms with Crippen molar-refractivity contribution in [2.45, 2.75) is 58.3 Å². The molecule has 0 radical (unpaired) electrons. The van der Waals surface area contributed by atoms with Crippen molar-refractivity contribution in [1.29, 1.82) is 0 Å². The van der Waals surface area contributed by atoms with Crippen molar-refractivity contribution >= 4 is 34.2 Å². The van der Waals surface area contributed by atoms with Crippen molar-refractivity contribution in [2.24, 2.45) is 0 Å². The fourth-order valence-electron chi connectivity index (χ4n) is 3.22. The van der Waals surface area contributed by atoms with Crippen LogP contribution in [-0.4, -0.2) is 27.0 Å². The van der Waals surface area contributed by atoms with E-state index in [0.717, 1.165) is 18.5 Å². The number of rotatable bonds is 3. The first-order valence-corrected chi connectivity index (χ1v) is 9.36. The van der Waals surface area contributed by atoms with E-state index in [1.165, 1.54) is 40.3 Å². The maximum Gasteiger partial charge on any atom is 0.337 e. The lowest BCUT2D eigenvalue weighted by atomic mass is 9.69. The summed E-state index contributed by atoms with van der Waals surface area (Å²) in [6, 6.07) is 2.99. The number of carboxylic acids is 1. The van der Waals surface area contributed by atoms with Crippen LogP contribution in [0.1, 0.15) is 68.4 Å². The molecule has 2 heterocycles. The Morgan fingerprint density at radius 1 is 1.15 bits per heavy atom. The normalized spacial score (nSPS) is 17.4. The van der Waals surface area contributed by atoms with E-state index in [4.69, 9.17) is 10.1 Å². The second-order valence-corrected chi connectivity index (χ2v) is 8.98. The highest BCUT2D eigenvalue weighted by Crippen LogP contribution is 2.50. The number of amides is 1. The van der Waals surface area contributed by atoms with Crippen LogP contribution in [0.25, 0.3) is 0 Å². The topological polar surface area (TPSA) is 83.4 Å². The van der Waals surface area contributed by atoms with Gasteiger partial charge in [0.25, 0.3) is 0 Å². The van der Waals surface area contributed by atoms with E-state index in [1.54, 1.807) is 6.07 Å². The maximum atomic E-state index is 12.3. The van der Waals surface area contributed by atoms with Crippen molar-refractivity contribution in [3.8, 4) is 0 Å². The summed E-state index contributed by atoms with van der Waals surface area (Å²) in [4.78, 5) is 35.0. The van der Waals surface area contributed by atoms with Gasteiger partial charge in [-0.25, -0.2) is 19.7 Å². The van der Waals surface area contributed by atoms with Gasteiger partial charge in [-0.15, -0.1) is 11.3 Å². The Hall–Kier alpha value is -2.28. The molecule has 0 unspecified atom stereocenters. The van der Waals surface area contributed by atoms with Gasteiger partial charge < -0.3 is 5.11 Å². The highest BCUT2D eigenvalue weighted by atomic mass is 32.1. The van der Waals surface area contributed by atoms with E-state index in [9.17, 15) is 9.59 Å². The standard InChI is InChI=1S/C19H23N3O3S/c1-11(23)22(13-7-6-12(10-20-13)16(24)25)17-21-14-15(26-17)19(4,5)9-8-18(14,2)3/h6-7,10H,8-9H2,1-5H3,(H,24,25). The molecule has 0 saturated carbocycles. The second kappa shape index (κ2) is 6.16. The van der Waals surface area contributed by atoms with Gasteiger partial charge in [-0.3, -0.25) is 4.79 Å². The molecule has 1 aliphatic carbocycles. The number of aromatic nitrogens is 2. The van der Waals surface area contributed by atoms with E-state index < -0.39 is 5.97 Å². The van der Waals surface area contributed by atoms with Crippen LogP contribution in [0.15, 0.2) is 18.3 Å². The molecule has 2 aromatic rings. The SMILES string of the molecule is CC(=O)N(c1ccc(C(=O)O)cn1)c1nc2c(s1)C(C)(C)CCC2(C)C. The Balaban J connectivity index is 2.09. The van der Waals surface area contributed by atoms with Crippen LogP contribution in [0.2, 0.25) is 0 Å². The fourth-order valence-corrected chi connectivity index (χ4v) is 4.65. The lowest BCUT2D eigenvalue weighted by molar-refractivity contribution is -0.115. The van der Waals surface area contributed by atoms with E-state index in [-0.39, 0.29) is 22.3 Å². The predicted molar refractivity (Wildman–Crippen MR) is 101 cm³/mol. The van der Waals surface area contributed by atoms with Crippen LogP contribution in [0, 0.1) is 0 Å². The van der Waals surface area contributed by atoms with E-state index in [1.807, 2.05) is 0 Å².